The number of sulfonamides is 1. The van der Waals surface area contributed by atoms with Crippen LogP contribution in [0.4, 0.5) is 0 Å². The van der Waals surface area contributed by atoms with Crippen molar-refractivity contribution in [2.45, 2.75) is 37.8 Å². The van der Waals surface area contributed by atoms with Crippen LogP contribution >= 0.6 is 0 Å². The molecule has 1 aliphatic carbocycles. The number of rotatable bonds is 4. The average Bonchev–Trinajstić information content (AvgIpc) is 3.04. The fourth-order valence-electron chi connectivity index (χ4n) is 2.79. The van der Waals surface area contributed by atoms with Crippen molar-refractivity contribution in [3.05, 3.63) is 12.2 Å². The molecule has 1 atom stereocenters. The van der Waals surface area contributed by atoms with Crippen molar-refractivity contribution in [1.82, 2.24) is 14.9 Å². The van der Waals surface area contributed by atoms with E-state index in [0.717, 1.165) is 31.6 Å². The summed E-state index contributed by atoms with van der Waals surface area (Å²) in [6.07, 6.45) is 9.46. The number of nitrogens with zero attached hydrogens (tertiary/aromatic N) is 2. The van der Waals surface area contributed by atoms with Crippen LogP contribution in [-0.2, 0) is 10.0 Å². The van der Waals surface area contributed by atoms with Crippen LogP contribution in [0.5, 0.6) is 0 Å². The number of nitrogens with one attached hydrogen (secondary N) is 2. The van der Waals surface area contributed by atoms with Gasteiger partial charge in [0.1, 0.15) is 0 Å². The lowest BCUT2D eigenvalue weighted by Crippen LogP contribution is -2.48. The van der Waals surface area contributed by atoms with E-state index in [9.17, 15) is 8.42 Å². The third-order valence-corrected chi connectivity index (χ3v) is 5.16. The molecule has 114 valence electrons. The van der Waals surface area contributed by atoms with Crippen LogP contribution < -0.4 is 10.6 Å². The fraction of sp³-hybridized carbons (Fsp3) is 0.769. The van der Waals surface area contributed by atoms with E-state index >= 15 is 0 Å². The molecule has 0 aromatic carbocycles. The first-order valence-electron chi connectivity index (χ1n) is 7.09. The summed E-state index contributed by atoms with van der Waals surface area (Å²) in [5.41, 5.74) is 0. The predicted octanol–water partition coefficient (Wildman–Crippen LogP) is 0.294. The predicted molar refractivity (Wildman–Crippen MR) is 81.2 cm³/mol. The Bertz CT molecular complexity index is 479. The lowest BCUT2D eigenvalue weighted by atomic mass is 10.2. The van der Waals surface area contributed by atoms with Gasteiger partial charge in [0, 0.05) is 32.2 Å². The molecule has 6 nitrogen and oxygen atoms in total. The minimum Gasteiger partial charge on any atom is -0.355 e. The van der Waals surface area contributed by atoms with Gasteiger partial charge in [0.15, 0.2) is 5.96 Å². The maximum absolute atomic E-state index is 11.7. The average molecular weight is 300 g/mol. The standard InChI is InChI=1S/C13H24N4O2S/c1-14-13(16-11-6-3-4-7-11)15-10-12-8-5-9-17(12)20(2,18)19/h3-4,11-12H,5-10H2,1-2H3,(H2,14,15,16)/t12-/m1/s1. The van der Waals surface area contributed by atoms with Gasteiger partial charge in [0.05, 0.1) is 6.26 Å². The highest BCUT2D eigenvalue weighted by Gasteiger charge is 2.31. The molecule has 1 heterocycles. The van der Waals surface area contributed by atoms with E-state index in [-0.39, 0.29) is 6.04 Å². The van der Waals surface area contributed by atoms with Crippen molar-refractivity contribution in [1.29, 1.82) is 0 Å². The van der Waals surface area contributed by atoms with Crippen molar-refractivity contribution in [2.24, 2.45) is 4.99 Å². The molecule has 1 saturated heterocycles. The smallest absolute Gasteiger partial charge is 0.211 e. The first-order chi connectivity index (χ1) is 9.50. The Morgan fingerprint density at radius 3 is 2.70 bits per heavy atom. The van der Waals surface area contributed by atoms with Gasteiger partial charge in [0.25, 0.3) is 0 Å². The highest BCUT2D eigenvalue weighted by molar-refractivity contribution is 7.88. The molecule has 0 aromatic rings. The van der Waals surface area contributed by atoms with Crippen molar-refractivity contribution >= 4 is 16.0 Å². The van der Waals surface area contributed by atoms with Crippen molar-refractivity contribution < 1.29 is 8.42 Å². The molecule has 0 bridgehead atoms. The molecule has 0 amide bonds. The third-order valence-electron chi connectivity index (χ3n) is 3.83. The molecular weight excluding hydrogens is 276 g/mol. The van der Waals surface area contributed by atoms with Crippen molar-refractivity contribution in [3.63, 3.8) is 0 Å². The van der Waals surface area contributed by atoms with Crippen molar-refractivity contribution in [3.8, 4) is 0 Å². The maximum Gasteiger partial charge on any atom is 0.211 e. The van der Waals surface area contributed by atoms with E-state index in [1.807, 2.05) is 0 Å². The first-order valence-corrected chi connectivity index (χ1v) is 8.94. The summed E-state index contributed by atoms with van der Waals surface area (Å²) >= 11 is 0. The zero-order valence-electron chi connectivity index (χ0n) is 12.2. The molecule has 0 radical (unpaired) electrons. The molecule has 2 aliphatic rings. The Kier molecular flexibility index (Phi) is 5.04. The second-order valence-electron chi connectivity index (χ2n) is 5.41. The fourth-order valence-corrected chi connectivity index (χ4v) is 3.97. The summed E-state index contributed by atoms with van der Waals surface area (Å²) in [5.74, 6) is 0.749. The Hall–Kier alpha value is -1.08. The zero-order chi connectivity index (χ0) is 14.6. The van der Waals surface area contributed by atoms with E-state index in [1.165, 1.54) is 6.26 Å². The molecule has 0 saturated carbocycles. The summed E-state index contributed by atoms with van der Waals surface area (Å²) in [4.78, 5) is 4.20. The van der Waals surface area contributed by atoms with E-state index in [1.54, 1.807) is 11.4 Å². The normalized spacial score (nSPS) is 25.3. The Balaban J connectivity index is 1.83. The SMILES string of the molecule is CN=C(NC[C@H]1CCCN1S(C)(=O)=O)NC1CC=CC1. The molecule has 20 heavy (non-hydrogen) atoms. The molecule has 0 spiro atoms. The molecule has 1 aliphatic heterocycles. The zero-order valence-corrected chi connectivity index (χ0v) is 13.0. The van der Waals surface area contributed by atoms with E-state index in [2.05, 4.69) is 27.8 Å². The lowest BCUT2D eigenvalue weighted by molar-refractivity contribution is 0.387. The molecule has 0 unspecified atom stereocenters. The maximum atomic E-state index is 11.7. The van der Waals surface area contributed by atoms with Gasteiger partial charge in [-0.05, 0) is 25.7 Å². The molecule has 7 heteroatoms. The molecule has 0 aromatic heterocycles. The van der Waals surface area contributed by atoms with E-state index in [4.69, 9.17) is 0 Å². The second kappa shape index (κ2) is 6.58. The van der Waals surface area contributed by atoms with Gasteiger partial charge >= 0.3 is 0 Å². The number of hydrogen-bond donors (Lipinski definition) is 2. The van der Waals surface area contributed by atoms with Crippen LogP contribution in [0.15, 0.2) is 17.1 Å². The summed E-state index contributed by atoms with van der Waals surface area (Å²) < 4.78 is 24.9. The van der Waals surface area contributed by atoms with Gasteiger partial charge in [-0.25, -0.2) is 8.42 Å². The third kappa shape index (κ3) is 3.96. The number of hydrogen-bond acceptors (Lipinski definition) is 3. The van der Waals surface area contributed by atoms with Gasteiger partial charge in [-0.15, -0.1) is 0 Å². The Labute approximate surface area is 121 Å². The van der Waals surface area contributed by atoms with Crippen LogP contribution in [0.25, 0.3) is 0 Å². The number of guanidine groups is 1. The van der Waals surface area contributed by atoms with Gasteiger partial charge in [-0.1, -0.05) is 12.2 Å². The summed E-state index contributed by atoms with van der Waals surface area (Å²) in [7, 11) is -1.37. The molecule has 2 rings (SSSR count). The molecule has 1 fully saturated rings. The highest BCUT2D eigenvalue weighted by Crippen LogP contribution is 2.19. The van der Waals surface area contributed by atoms with Gasteiger partial charge < -0.3 is 10.6 Å². The largest absolute Gasteiger partial charge is 0.355 e. The van der Waals surface area contributed by atoms with Gasteiger partial charge in [0.2, 0.25) is 10.0 Å². The number of aliphatic imine (C=N–C) groups is 1. The molecule has 2 N–H and O–H groups in total. The Morgan fingerprint density at radius 2 is 2.10 bits per heavy atom. The first kappa shape index (κ1) is 15.3. The van der Waals surface area contributed by atoms with Crippen LogP contribution in [0.1, 0.15) is 25.7 Å². The van der Waals surface area contributed by atoms with E-state index in [0.29, 0.717) is 19.1 Å². The van der Waals surface area contributed by atoms with Crippen LogP contribution in [0.2, 0.25) is 0 Å². The topological polar surface area (TPSA) is 73.8 Å². The molecular formula is C13H24N4O2S. The second-order valence-corrected chi connectivity index (χ2v) is 7.34. The van der Waals surface area contributed by atoms with Gasteiger partial charge in [-0.2, -0.15) is 4.31 Å². The van der Waals surface area contributed by atoms with Gasteiger partial charge in [-0.3, -0.25) is 4.99 Å². The summed E-state index contributed by atoms with van der Waals surface area (Å²) in [6, 6.07) is 0.432. The minimum atomic E-state index is -3.11. The lowest BCUT2D eigenvalue weighted by Gasteiger charge is -2.24. The van der Waals surface area contributed by atoms with Crippen LogP contribution in [-0.4, -0.2) is 57.2 Å². The monoisotopic (exact) mass is 300 g/mol. The quantitative estimate of drug-likeness (QED) is 0.445. The summed E-state index contributed by atoms with van der Waals surface area (Å²) in [5, 5.41) is 6.60. The highest BCUT2D eigenvalue weighted by atomic mass is 32.2. The van der Waals surface area contributed by atoms with E-state index < -0.39 is 10.0 Å². The van der Waals surface area contributed by atoms with Crippen LogP contribution in [0.3, 0.4) is 0 Å². The van der Waals surface area contributed by atoms with Crippen molar-refractivity contribution in [2.75, 3.05) is 26.4 Å². The van der Waals surface area contributed by atoms with Crippen LogP contribution in [0, 0.1) is 0 Å². The summed E-state index contributed by atoms with van der Waals surface area (Å²) in [6.45, 7) is 1.23. The Morgan fingerprint density at radius 1 is 1.40 bits per heavy atom. The minimum absolute atomic E-state index is 0.0326.